The zero-order valence-corrected chi connectivity index (χ0v) is 11.2. The first-order valence-electron chi connectivity index (χ1n) is 6.89. The molecule has 98 valence electrons. The van der Waals surface area contributed by atoms with E-state index in [4.69, 9.17) is 5.84 Å². The molecule has 1 aromatic heterocycles. The molecule has 3 N–H and O–H groups in total. The highest BCUT2D eigenvalue weighted by molar-refractivity contribution is 5.25. The van der Waals surface area contributed by atoms with Crippen LogP contribution in [0.3, 0.4) is 0 Å². The van der Waals surface area contributed by atoms with E-state index in [1.54, 1.807) is 0 Å². The average Bonchev–Trinajstić information content (AvgIpc) is 2.32. The second-order valence-electron chi connectivity index (χ2n) is 5.09. The summed E-state index contributed by atoms with van der Waals surface area (Å²) in [5.74, 6) is 5.74. The average molecular weight is 245 g/mol. The van der Waals surface area contributed by atoms with Crippen LogP contribution in [0.1, 0.15) is 55.8 Å². The molecule has 1 heterocycles. The van der Waals surface area contributed by atoms with E-state index in [0.717, 1.165) is 12.1 Å². The standard InChI is InChI=1S/C15H23N3/c1-12-9-10-17-14(11-12)15(18-16)13-7-5-3-2-4-6-8-13/h7,9-11,15,18H,2-6,8,16H2,1H3/b13-7+. The third-order valence-electron chi connectivity index (χ3n) is 3.60. The van der Waals surface area contributed by atoms with Gasteiger partial charge >= 0.3 is 0 Å². The molecule has 0 amide bonds. The molecule has 0 aliphatic heterocycles. The van der Waals surface area contributed by atoms with E-state index in [1.165, 1.54) is 43.2 Å². The van der Waals surface area contributed by atoms with Crippen LogP contribution in [0.4, 0.5) is 0 Å². The second-order valence-corrected chi connectivity index (χ2v) is 5.09. The van der Waals surface area contributed by atoms with Gasteiger partial charge in [0.1, 0.15) is 0 Å². The van der Waals surface area contributed by atoms with Crippen LogP contribution >= 0.6 is 0 Å². The highest BCUT2D eigenvalue weighted by atomic mass is 15.2. The van der Waals surface area contributed by atoms with Crippen LogP contribution in [0.2, 0.25) is 0 Å². The number of nitrogens with one attached hydrogen (secondary N) is 1. The van der Waals surface area contributed by atoms with E-state index >= 15 is 0 Å². The molecule has 0 fully saturated rings. The van der Waals surface area contributed by atoms with Crippen molar-refractivity contribution in [3.8, 4) is 0 Å². The van der Waals surface area contributed by atoms with E-state index in [2.05, 4.69) is 29.5 Å². The Kier molecular flexibility index (Phi) is 4.90. The molecule has 0 saturated heterocycles. The van der Waals surface area contributed by atoms with Crippen molar-refractivity contribution >= 4 is 0 Å². The summed E-state index contributed by atoms with van der Waals surface area (Å²) in [6, 6.07) is 4.20. The SMILES string of the molecule is Cc1ccnc(C(NN)/C2=C/CCCCCC2)c1. The van der Waals surface area contributed by atoms with Crippen molar-refractivity contribution in [2.24, 2.45) is 5.84 Å². The van der Waals surface area contributed by atoms with Gasteiger partial charge in [0.05, 0.1) is 11.7 Å². The summed E-state index contributed by atoms with van der Waals surface area (Å²) in [5.41, 5.74) is 6.59. The number of hydrazine groups is 1. The number of nitrogens with zero attached hydrogens (tertiary/aromatic N) is 1. The van der Waals surface area contributed by atoms with Crippen LogP contribution in [0, 0.1) is 6.92 Å². The first-order valence-corrected chi connectivity index (χ1v) is 6.89. The third kappa shape index (κ3) is 3.40. The summed E-state index contributed by atoms with van der Waals surface area (Å²) in [6.07, 6.45) is 11.7. The van der Waals surface area contributed by atoms with E-state index < -0.39 is 0 Å². The summed E-state index contributed by atoms with van der Waals surface area (Å²) in [7, 11) is 0. The maximum absolute atomic E-state index is 5.74. The van der Waals surface area contributed by atoms with Gasteiger partial charge in [-0.2, -0.15) is 0 Å². The maximum Gasteiger partial charge on any atom is 0.0841 e. The number of hydrogen-bond acceptors (Lipinski definition) is 3. The lowest BCUT2D eigenvalue weighted by Crippen LogP contribution is -2.30. The number of aryl methyl sites for hydroxylation is 1. The smallest absolute Gasteiger partial charge is 0.0841 e. The molecular formula is C15H23N3. The molecule has 3 nitrogen and oxygen atoms in total. The van der Waals surface area contributed by atoms with Crippen molar-refractivity contribution in [1.82, 2.24) is 10.4 Å². The number of hydrogen-bond donors (Lipinski definition) is 2. The molecule has 0 spiro atoms. The summed E-state index contributed by atoms with van der Waals surface area (Å²) >= 11 is 0. The molecule has 0 radical (unpaired) electrons. The number of nitrogens with two attached hydrogens (primary N) is 1. The third-order valence-corrected chi connectivity index (χ3v) is 3.60. The van der Waals surface area contributed by atoms with Crippen molar-refractivity contribution in [3.05, 3.63) is 41.2 Å². The van der Waals surface area contributed by atoms with Crippen LogP contribution in [0.5, 0.6) is 0 Å². The van der Waals surface area contributed by atoms with Gasteiger partial charge in [0.25, 0.3) is 0 Å². The van der Waals surface area contributed by atoms with Crippen molar-refractivity contribution < 1.29 is 0 Å². The van der Waals surface area contributed by atoms with E-state index in [9.17, 15) is 0 Å². The van der Waals surface area contributed by atoms with Gasteiger partial charge in [-0.15, -0.1) is 0 Å². The van der Waals surface area contributed by atoms with Gasteiger partial charge in [-0.25, -0.2) is 5.43 Å². The van der Waals surface area contributed by atoms with Crippen LogP contribution < -0.4 is 11.3 Å². The summed E-state index contributed by atoms with van der Waals surface area (Å²) in [5, 5.41) is 0. The van der Waals surface area contributed by atoms with Gasteiger partial charge in [-0.05, 0) is 50.3 Å². The minimum Gasteiger partial charge on any atom is -0.271 e. The van der Waals surface area contributed by atoms with Crippen LogP contribution in [-0.2, 0) is 0 Å². The van der Waals surface area contributed by atoms with Gasteiger partial charge in [-0.3, -0.25) is 10.8 Å². The van der Waals surface area contributed by atoms with Crippen molar-refractivity contribution in [3.63, 3.8) is 0 Å². The fourth-order valence-electron chi connectivity index (χ4n) is 2.58. The lowest BCUT2D eigenvalue weighted by atomic mass is 9.93. The number of aromatic nitrogens is 1. The number of allylic oxidation sites excluding steroid dienone is 1. The van der Waals surface area contributed by atoms with Gasteiger partial charge < -0.3 is 0 Å². The largest absolute Gasteiger partial charge is 0.271 e. The highest BCUT2D eigenvalue weighted by Crippen LogP contribution is 2.27. The highest BCUT2D eigenvalue weighted by Gasteiger charge is 2.17. The molecule has 18 heavy (non-hydrogen) atoms. The monoisotopic (exact) mass is 245 g/mol. The first-order chi connectivity index (χ1) is 8.81. The van der Waals surface area contributed by atoms with Gasteiger partial charge in [0.15, 0.2) is 0 Å². The van der Waals surface area contributed by atoms with E-state index in [1.807, 2.05) is 12.3 Å². The van der Waals surface area contributed by atoms with E-state index in [0.29, 0.717) is 0 Å². The Morgan fingerprint density at radius 1 is 1.28 bits per heavy atom. The fraction of sp³-hybridized carbons (Fsp3) is 0.533. The van der Waals surface area contributed by atoms with Crippen molar-refractivity contribution in [2.45, 2.75) is 51.5 Å². The quantitative estimate of drug-likeness (QED) is 0.488. The lowest BCUT2D eigenvalue weighted by Gasteiger charge is -2.21. The van der Waals surface area contributed by atoms with Crippen LogP contribution in [-0.4, -0.2) is 4.98 Å². The Labute approximate surface area is 109 Å². The Morgan fingerprint density at radius 2 is 2.11 bits per heavy atom. The zero-order valence-electron chi connectivity index (χ0n) is 11.2. The summed E-state index contributed by atoms with van der Waals surface area (Å²) in [4.78, 5) is 4.46. The molecule has 1 aliphatic carbocycles. The Bertz CT molecular complexity index is 412. The first kappa shape index (κ1) is 13.2. The molecule has 1 atom stereocenters. The fourth-order valence-corrected chi connectivity index (χ4v) is 2.58. The van der Waals surface area contributed by atoms with Crippen LogP contribution in [0.25, 0.3) is 0 Å². The summed E-state index contributed by atoms with van der Waals surface area (Å²) in [6.45, 7) is 2.09. The molecule has 2 rings (SSSR count). The number of rotatable bonds is 3. The second kappa shape index (κ2) is 6.66. The molecule has 0 aromatic carbocycles. The predicted molar refractivity (Wildman–Crippen MR) is 74.8 cm³/mol. The zero-order chi connectivity index (χ0) is 12.8. The van der Waals surface area contributed by atoms with Gasteiger partial charge in [0.2, 0.25) is 0 Å². The van der Waals surface area contributed by atoms with Gasteiger partial charge in [-0.1, -0.05) is 24.5 Å². The molecule has 1 aromatic rings. The Balaban J connectivity index is 2.21. The Morgan fingerprint density at radius 3 is 2.89 bits per heavy atom. The predicted octanol–water partition coefficient (Wildman–Crippen LogP) is 3.18. The lowest BCUT2D eigenvalue weighted by molar-refractivity contribution is 0.547. The van der Waals surface area contributed by atoms with Crippen molar-refractivity contribution in [2.75, 3.05) is 0 Å². The van der Waals surface area contributed by atoms with Gasteiger partial charge in [0, 0.05) is 6.20 Å². The van der Waals surface area contributed by atoms with Crippen LogP contribution in [0.15, 0.2) is 30.0 Å². The molecule has 0 bridgehead atoms. The topological polar surface area (TPSA) is 50.9 Å². The number of pyridine rings is 1. The molecule has 1 unspecified atom stereocenters. The molecule has 1 aliphatic rings. The maximum atomic E-state index is 5.74. The normalized spacial score (nSPS) is 21.6. The minimum atomic E-state index is 0.0722. The Hall–Kier alpha value is -1.19. The summed E-state index contributed by atoms with van der Waals surface area (Å²) < 4.78 is 0. The molecule has 3 heteroatoms. The van der Waals surface area contributed by atoms with Crippen molar-refractivity contribution in [1.29, 1.82) is 0 Å². The van der Waals surface area contributed by atoms with E-state index in [-0.39, 0.29) is 6.04 Å². The molecule has 0 saturated carbocycles. The minimum absolute atomic E-state index is 0.0722. The molecular weight excluding hydrogens is 222 g/mol.